The highest BCUT2D eigenvalue weighted by Crippen LogP contribution is 2.24. The molecule has 84 valence electrons. The molecule has 0 bridgehead atoms. The van der Waals surface area contributed by atoms with Gasteiger partial charge >= 0.3 is 0 Å². The topological polar surface area (TPSA) is 29.1 Å². The summed E-state index contributed by atoms with van der Waals surface area (Å²) in [5, 5.41) is 3.90. The molecule has 0 spiro atoms. The van der Waals surface area contributed by atoms with Crippen LogP contribution in [0.15, 0.2) is 0 Å². The monoisotopic (exact) mass is 217 g/mol. The van der Waals surface area contributed by atoms with Gasteiger partial charge in [0.1, 0.15) is 0 Å². The molecule has 1 rings (SSSR count). The van der Waals surface area contributed by atoms with Crippen LogP contribution in [0.3, 0.4) is 0 Å². The smallest absolute Gasteiger partial charge is 0.0329 e. The summed E-state index contributed by atoms with van der Waals surface area (Å²) >= 11 is 0. The van der Waals surface area contributed by atoms with Crippen LogP contribution in [0.5, 0.6) is 0 Å². The van der Waals surface area contributed by atoms with E-state index in [1.165, 1.54) is 19.3 Å². The average Bonchev–Trinajstić information content (AvgIpc) is 2.51. The molecule has 1 fully saturated rings. The Morgan fingerprint density at radius 3 is 2.71 bits per heavy atom. The lowest BCUT2D eigenvalue weighted by Crippen LogP contribution is -2.29. The summed E-state index contributed by atoms with van der Waals surface area (Å²) in [5.74, 6) is 0.894. The van der Waals surface area contributed by atoms with Crippen LogP contribution in [0, 0.1) is 5.92 Å². The van der Waals surface area contributed by atoms with Gasteiger partial charge in [0.15, 0.2) is 0 Å². The quantitative estimate of drug-likeness (QED) is 0.762. The maximum Gasteiger partial charge on any atom is 0.0329 e. The standard InChI is InChI=1S/C11H23NOS/c1-9-4-5-11(8-9)12-7-6-10(2)14(3)13/h9-12H,4-8H2,1-3H3. The summed E-state index contributed by atoms with van der Waals surface area (Å²) in [4.78, 5) is 0. The van der Waals surface area contributed by atoms with E-state index in [1.54, 1.807) is 6.26 Å². The van der Waals surface area contributed by atoms with Gasteiger partial charge in [-0.05, 0) is 38.1 Å². The Labute approximate surface area is 90.3 Å². The molecular formula is C11H23NOS. The molecule has 3 heteroatoms. The van der Waals surface area contributed by atoms with E-state index < -0.39 is 10.8 Å². The number of rotatable bonds is 5. The molecule has 1 N–H and O–H groups in total. The van der Waals surface area contributed by atoms with Crippen molar-refractivity contribution in [2.45, 2.75) is 50.8 Å². The second-order valence-electron chi connectivity index (χ2n) is 4.67. The van der Waals surface area contributed by atoms with Crippen molar-refractivity contribution in [2.75, 3.05) is 12.8 Å². The highest BCUT2D eigenvalue weighted by molar-refractivity contribution is 7.84. The SMILES string of the molecule is CC1CCC(NCCC(C)S(C)=O)C1. The van der Waals surface area contributed by atoms with Gasteiger partial charge < -0.3 is 5.32 Å². The second-order valence-corrected chi connectivity index (χ2v) is 6.47. The number of hydrogen-bond donors (Lipinski definition) is 1. The lowest BCUT2D eigenvalue weighted by atomic mass is 10.1. The highest BCUT2D eigenvalue weighted by atomic mass is 32.2. The Morgan fingerprint density at radius 2 is 2.21 bits per heavy atom. The third-order valence-electron chi connectivity index (χ3n) is 3.25. The van der Waals surface area contributed by atoms with Gasteiger partial charge in [0.2, 0.25) is 0 Å². The average molecular weight is 217 g/mol. The molecule has 4 atom stereocenters. The zero-order valence-electron chi connectivity index (χ0n) is 9.58. The molecule has 14 heavy (non-hydrogen) atoms. The van der Waals surface area contributed by atoms with Gasteiger partial charge in [-0.1, -0.05) is 13.8 Å². The minimum atomic E-state index is -0.660. The van der Waals surface area contributed by atoms with Crippen LogP contribution in [-0.2, 0) is 10.8 Å². The largest absolute Gasteiger partial charge is 0.314 e. The van der Waals surface area contributed by atoms with Crippen LogP contribution >= 0.6 is 0 Å². The maximum atomic E-state index is 11.1. The van der Waals surface area contributed by atoms with Crippen molar-refractivity contribution in [3.8, 4) is 0 Å². The minimum Gasteiger partial charge on any atom is -0.314 e. The van der Waals surface area contributed by atoms with Crippen LogP contribution in [0.4, 0.5) is 0 Å². The molecule has 0 radical (unpaired) electrons. The van der Waals surface area contributed by atoms with E-state index in [-0.39, 0.29) is 0 Å². The lowest BCUT2D eigenvalue weighted by Gasteiger charge is -2.14. The molecule has 1 saturated carbocycles. The van der Waals surface area contributed by atoms with E-state index in [2.05, 4.69) is 19.2 Å². The predicted molar refractivity (Wildman–Crippen MR) is 63.0 cm³/mol. The van der Waals surface area contributed by atoms with Crippen molar-refractivity contribution in [3.05, 3.63) is 0 Å². The number of nitrogens with one attached hydrogen (secondary N) is 1. The van der Waals surface area contributed by atoms with Gasteiger partial charge in [-0.2, -0.15) is 0 Å². The molecule has 2 nitrogen and oxygen atoms in total. The van der Waals surface area contributed by atoms with Gasteiger partial charge in [-0.3, -0.25) is 4.21 Å². The fourth-order valence-corrected chi connectivity index (χ4v) is 2.50. The highest BCUT2D eigenvalue weighted by Gasteiger charge is 2.20. The summed E-state index contributed by atoms with van der Waals surface area (Å²) < 4.78 is 11.1. The van der Waals surface area contributed by atoms with Crippen molar-refractivity contribution < 1.29 is 4.21 Å². The molecule has 0 heterocycles. The first-order valence-corrected chi connectivity index (χ1v) is 7.27. The Hall–Kier alpha value is 0.110. The predicted octanol–water partition coefficient (Wildman–Crippen LogP) is 1.92. The lowest BCUT2D eigenvalue weighted by molar-refractivity contribution is 0.494. The Bertz CT molecular complexity index is 196. The molecule has 1 aliphatic carbocycles. The zero-order chi connectivity index (χ0) is 10.6. The van der Waals surface area contributed by atoms with Gasteiger partial charge in [0.05, 0.1) is 0 Å². The first-order valence-electron chi connectivity index (χ1n) is 5.65. The van der Waals surface area contributed by atoms with Crippen molar-refractivity contribution in [2.24, 2.45) is 5.92 Å². The third-order valence-corrected chi connectivity index (χ3v) is 4.61. The van der Waals surface area contributed by atoms with Crippen LogP contribution in [0.25, 0.3) is 0 Å². The Balaban J connectivity index is 2.07. The van der Waals surface area contributed by atoms with Crippen LogP contribution in [0.2, 0.25) is 0 Å². The summed E-state index contributed by atoms with van der Waals surface area (Å²) in [7, 11) is -0.660. The van der Waals surface area contributed by atoms with Crippen LogP contribution in [0.1, 0.15) is 39.5 Å². The Morgan fingerprint density at radius 1 is 1.50 bits per heavy atom. The van der Waals surface area contributed by atoms with Crippen molar-refractivity contribution in [1.82, 2.24) is 5.32 Å². The molecule has 0 saturated heterocycles. The molecular weight excluding hydrogens is 194 g/mol. The molecule has 0 aromatic carbocycles. The van der Waals surface area contributed by atoms with Crippen LogP contribution < -0.4 is 5.32 Å². The van der Waals surface area contributed by atoms with Crippen molar-refractivity contribution >= 4 is 10.8 Å². The fraction of sp³-hybridized carbons (Fsp3) is 1.00. The number of hydrogen-bond acceptors (Lipinski definition) is 2. The summed E-state index contributed by atoms with van der Waals surface area (Å²) in [6.45, 7) is 5.42. The van der Waals surface area contributed by atoms with E-state index in [1.807, 2.05) is 0 Å². The van der Waals surface area contributed by atoms with E-state index >= 15 is 0 Å². The minimum absolute atomic E-state index is 0.335. The fourth-order valence-electron chi connectivity index (χ4n) is 2.05. The van der Waals surface area contributed by atoms with Gasteiger partial charge in [-0.25, -0.2) is 0 Å². The molecule has 0 aliphatic heterocycles. The van der Waals surface area contributed by atoms with Crippen LogP contribution in [-0.4, -0.2) is 28.3 Å². The molecule has 1 aliphatic rings. The first-order chi connectivity index (χ1) is 6.59. The van der Waals surface area contributed by atoms with E-state index in [9.17, 15) is 4.21 Å². The maximum absolute atomic E-state index is 11.1. The second kappa shape index (κ2) is 5.86. The van der Waals surface area contributed by atoms with Gasteiger partial charge in [0, 0.05) is 28.3 Å². The Kier molecular flexibility index (Phi) is 5.10. The van der Waals surface area contributed by atoms with Crippen molar-refractivity contribution in [3.63, 3.8) is 0 Å². The molecule has 0 amide bonds. The summed E-state index contributed by atoms with van der Waals surface area (Å²) in [6.07, 6.45) is 6.84. The van der Waals surface area contributed by atoms with E-state index in [4.69, 9.17) is 0 Å². The normalized spacial score (nSPS) is 31.6. The molecule has 0 aromatic heterocycles. The van der Waals surface area contributed by atoms with Crippen molar-refractivity contribution in [1.29, 1.82) is 0 Å². The zero-order valence-corrected chi connectivity index (χ0v) is 10.4. The third kappa shape index (κ3) is 4.09. The summed E-state index contributed by atoms with van der Waals surface area (Å²) in [5.41, 5.74) is 0. The molecule has 4 unspecified atom stereocenters. The van der Waals surface area contributed by atoms with Gasteiger partial charge in [-0.15, -0.1) is 0 Å². The molecule has 0 aromatic rings. The summed E-state index contributed by atoms with van der Waals surface area (Å²) in [6, 6.07) is 0.725. The van der Waals surface area contributed by atoms with Gasteiger partial charge in [0.25, 0.3) is 0 Å². The van der Waals surface area contributed by atoms with E-state index in [0.29, 0.717) is 5.25 Å². The first kappa shape index (κ1) is 12.2. The van der Waals surface area contributed by atoms with E-state index in [0.717, 1.165) is 24.9 Å².